The first kappa shape index (κ1) is 38.0. The predicted molar refractivity (Wildman–Crippen MR) is 155 cm³/mol. The van der Waals surface area contributed by atoms with Crippen LogP contribution in [0.4, 0.5) is 0 Å². The number of nitrogens with zero attached hydrogens (tertiary/aromatic N) is 4. The molecule has 4 aromatic rings. The van der Waals surface area contributed by atoms with Crippen molar-refractivity contribution in [3.63, 3.8) is 0 Å². The van der Waals surface area contributed by atoms with Crippen molar-refractivity contribution in [3.8, 4) is 22.8 Å². The third-order valence-corrected chi connectivity index (χ3v) is 6.07. The molecule has 2 unspecified atom stereocenters. The summed E-state index contributed by atoms with van der Waals surface area (Å²) in [6.45, 7) is 5.17. The molecule has 15 heteroatoms. The van der Waals surface area contributed by atoms with Gasteiger partial charge in [0.15, 0.2) is 0 Å². The van der Waals surface area contributed by atoms with Gasteiger partial charge < -0.3 is 30.6 Å². The normalized spacial score (nSPS) is 11.9. The molecule has 4 aromatic heterocycles. The van der Waals surface area contributed by atoms with E-state index in [1.807, 2.05) is 6.92 Å². The van der Waals surface area contributed by atoms with Crippen molar-refractivity contribution in [1.29, 1.82) is 0 Å². The third-order valence-electron chi connectivity index (χ3n) is 6.07. The zero-order valence-corrected chi connectivity index (χ0v) is 25.9. The number of aromatic nitrogens is 4. The molecule has 0 aliphatic carbocycles. The molecule has 0 aliphatic heterocycles. The molecule has 0 spiro atoms. The fourth-order valence-electron chi connectivity index (χ4n) is 3.22. The van der Waals surface area contributed by atoms with Gasteiger partial charge in [-0.15, -0.1) is 0 Å². The van der Waals surface area contributed by atoms with Gasteiger partial charge in [-0.25, -0.2) is 19.2 Å². The SMILES string of the molecule is CC(O)C(C)C(C)O.O=C(O)c1ccnc(-c2cc(C(=O)O)ccn2)c1.O=C(O)c1ccnc(-c2cc(C(=O)O)ccn2)c1.[Ru]. The van der Waals surface area contributed by atoms with E-state index in [2.05, 4.69) is 19.9 Å². The Hall–Kier alpha value is -4.98. The van der Waals surface area contributed by atoms with Gasteiger partial charge in [-0.3, -0.25) is 19.9 Å². The number of aliphatic hydroxyl groups is 2. The molecule has 4 heterocycles. The van der Waals surface area contributed by atoms with Gasteiger partial charge in [0, 0.05) is 50.2 Å². The third kappa shape index (κ3) is 11.9. The van der Waals surface area contributed by atoms with E-state index in [4.69, 9.17) is 30.6 Å². The maximum atomic E-state index is 10.8. The Morgan fingerprint density at radius 2 is 0.689 bits per heavy atom. The Morgan fingerprint density at radius 1 is 0.489 bits per heavy atom. The monoisotopic (exact) mass is 708 g/mol. The number of pyridine rings is 4. The number of hydrogen-bond donors (Lipinski definition) is 6. The standard InChI is InChI=1S/2C12H8N2O4.C6H14O2.Ru/c2*15-11(16)7-1-3-13-9(5-7)10-6-8(12(17)18)2-4-14-10;1-4(5(2)7)6(3)8;/h2*1-6H,(H,15,16)(H,17,18);4-8H,1-3H3;. The van der Waals surface area contributed by atoms with Crippen LogP contribution in [0.2, 0.25) is 0 Å². The molecule has 0 radical (unpaired) electrons. The number of aliphatic hydroxyl groups excluding tert-OH is 2. The van der Waals surface area contributed by atoms with Gasteiger partial charge in [-0.1, -0.05) is 6.92 Å². The Balaban J connectivity index is 0.000000359. The van der Waals surface area contributed by atoms with Gasteiger partial charge in [0.1, 0.15) is 0 Å². The molecule has 0 amide bonds. The van der Waals surface area contributed by atoms with E-state index in [1.54, 1.807) is 13.8 Å². The zero-order chi connectivity index (χ0) is 33.0. The second-order valence-electron chi connectivity index (χ2n) is 9.28. The summed E-state index contributed by atoms with van der Waals surface area (Å²) in [6, 6.07) is 10.8. The molecule has 14 nitrogen and oxygen atoms in total. The number of aromatic carboxylic acids is 4. The van der Waals surface area contributed by atoms with Crippen molar-refractivity contribution in [2.75, 3.05) is 0 Å². The van der Waals surface area contributed by atoms with Gasteiger partial charge in [0.25, 0.3) is 0 Å². The van der Waals surface area contributed by atoms with Crippen LogP contribution < -0.4 is 0 Å². The number of carbonyl (C=O) groups is 4. The maximum absolute atomic E-state index is 10.8. The summed E-state index contributed by atoms with van der Waals surface area (Å²) in [4.78, 5) is 59.2. The van der Waals surface area contributed by atoms with Crippen molar-refractivity contribution in [2.45, 2.75) is 33.0 Å². The van der Waals surface area contributed by atoms with Crippen LogP contribution in [0.3, 0.4) is 0 Å². The smallest absolute Gasteiger partial charge is 0.335 e. The average molecular weight is 708 g/mol. The Morgan fingerprint density at radius 3 is 0.822 bits per heavy atom. The molecule has 0 saturated heterocycles. The van der Waals surface area contributed by atoms with Gasteiger partial charge in [0.2, 0.25) is 0 Å². The minimum Gasteiger partial charge on any atom is -0.478 e. The number of rotatable bonds is 8. The Labute approximate surface area is 269 Å². The summed E-state index contributed by atoms with van der Waals surface area (Å²) in [5.41, 5.74) is 1.56. The summed E-state index contributed by atoms with van der Waals surface area (Å²) in [7, 11) is 0. The van der Waals surface area contributed by atoms with Crippen LogP contribution in [0.15, 0.2) is 73.3 Å². The molecule has 0 saturated carbocycles. The van der Waals surface area contributed by atoms with Crippen molar-refractivity contribution in [3.05, 3.63) is 95.6 Å². The molecule has 0 fully saturated rings. The van der Waals surface area contributed by atoms with E-state index in [0.29, 0.717) is 22.8 Å². The Kier molecular flexibility index (Phi) is 15.2. The Bertz CT molecular complexity index is 1400. The molecule has 45 heavy (non-hydrogen) atoms. The summed E-state index contributed by atoms with van der Waals surface area (Å²) in [5, 5.41) is 53.1. The average Bonchev–Trinajstić information content (AvgIpc) is 3.01. The van der Waals surface area contributed by atoms with E-state index in [9.17, 15) is 19.2 Å². The maximum Gasteiger partial charge on any atom is 0.335 e. The molecule has 0 bridgehead atoms. The first-order chi connectivity index (χ1) is 20.7. The van der Waals surface area contributed by atoms with E-state index >= 15 is 0 Å². The fourth-order valence-corrected chi connectivity index (χ4v) is 3.22. The van der Waals surface area contributed by atoms with Crippen molar-refractivity contribution < 1.29 is 69.3 Å². The van der Waals surface area contributed by atoms with Crippen molar-refractivity contribution >= 4 is 23.9 Å². The minimum atomic E-state index is -1.08. The summed E-state index contributed by atoms with van der Waals surface area (Å²) in [5.74, 6) is -4.32. The van der Waals surface area contributed by atoms with Gasteiger partial charge in [0.05, 0.1) is 57.2 Å². The molecule has 0 aliphatic rings. The predicted octanol–water partition coefficient (Wildman–Crippen LogP) is 3.46. The summed E-state index contributed by atoms with van der Waals surface area (Å²) in [6.07, 6.45) is 4.55. The van der Waals surface area contributed by atoms with Crippen LogP contribution in [-0.4, -0.2) is 86.7 Å². The van der Waals surface area contributed by atoms with Gasteiger partial charge in [-0.05, 0) is 62.4 Å². The first-order valence-electron chi connectivity index (χ1n) is 12.9. The summed E-state index contributed by atoms with van der Waals surface area (Å²) >= 11 is 0. The zero-order valence-electron chi connectivity index (χ0n) is 24.1. The molecular formula is C30H30N4O10Ru. The van der Waals surface area contributed by atoms with Crippen LogP contribution >= 0.6 is 0 Å². The molecule has 6 N–H and O–H groups in total. The van der Waals surface area contributed by atoms with E-state index < -0.39 is 36.1 Å². The fraction of sp³-hybridized carbons (Fsp3) is 0.200. The number of hydrogen-bond acceptors (Lipinski definition) is 10. The molecule has 238 valence electrons. The molecule has 0 aromatic carbocycles. The quantitative estimate of drug-likeness (QED) is 0.144. The van der Waals surface area contributed by atoms with Crippen molar-refractivity contribution in [1.82, 2.24) is 19.9 Å². The van der Waals surface area contributed by atoms with Crippen LogP contribution in [0, 0.1) is 5.92 Å². The topological polar surface area (TPSA) is 241 Å². The van der Waals surface area contributed by atoms with Gasteiger partial charge in [-0.2, -0.15) is 0 Å². The molecule has 2 atom stereocenters. The largest absolute Gasteiger partial charge is 0.478 e. The first-order valence-corrected chi connectivity index (χ1v) is 12.9. The van der Waals surface area contributed by atoms with E-state index in [-0.39, 0.29) is 47.6 Å². The summed E-state index contributed by atoms with van der Waals surface area (Å²) < 4.78 is 0. The van der Waals surface area contributed by atoms with Crippen LogP contribution in [0.5, 0.6) is 0 Å². The molecule has 4 rings (SSSR count). The second kappa shape index (κ2) is 18.0. The minimum absolute atomic E-state index is 0. The van der Waals surface area contributed by atoms with Crippen LogP contribution in [0.1, 0.15) is 62.2 Å². The van der Waals surface area contributed by atoms with E-state index in [0.717, 1.165) is 0 Å². The van der Waals surface area contributed by atoms with Crippen LogP contribution in [0.25, 0.3) is 22.8 Å². The van der Waals surface area contributed by atoms with Gasteiger partial charge >= 0.3 is 23.9 Å². The number of carboxylic acids is 4. The van der Waals surface area contributed by atoms with Crippen LogP contribution in [-0.2, 0) is 19.5 Å². The number of carboxylic acid groups (broad SMARTS) is 4. The van der Waals surface area contributed by atoms with Crippen molar-refractivity contribution in [2.24, 2.45) is 5.92 Å². The van der Waals surface area contributed by atoms with E-state index in [1.165, 1.54) is 73.3 Å². The molecular weight excluding hydrogens is 677 g/mol. The second-order valence-corrected chi connectivity index (χ2v) is 9.28.